The summed E-state index contributed by atoms with van der Waals surface area (Å²) in [7, 11) is -4.63. The number of primary sulfonamides is 1. The molecular weight excluding hydrogens is 247 g/mol. The van der Waals surface area contributed by atoms with E-state index >= 15 is 0 Å². The summed E-state index contributed by atoms with van der Waals surface area (Å²) in [4.78, 5) is 1.63. The summed E-state index contributed by atoms with van der Waals surface area (Å²) in [6.07, 6.45) is -2.91. The number of nitrogens with zero attached hydrogens (tertiary/aromatic N) is 2. The minimum absolute atomic E-state index is 0.529. The van der Waals surface area contributed by atoms with Gasteiger partial charge in [-0.25, -0.2) is 27.3 Å². The van der Waals surface area contributed by atoms with Gasteiger partial charge in [0.05, 0.1) is 11.1 Å². The lowest BCUT2D eigenvalue weighted by Gasteiger charge is -2.08. The number of sulfonamides is 1. The number of hydrogen-bond acceptors (Lipinski definition) is 4. The Morgan fingerprint density at radius 3 is 2.44 bits per heavy atom. The van der Waals surface area contributed by atoms with E-state index in [4.69, 9.17) is 5.26 Å². The van der Waals surface area contributed by atoms with Crippen LogP contribution in [0.2, 0.25) is 0 Å². The normalized spacial score (nSPS) is 11.5. The van der Waals surface area contributed by atoms with E-state index in [1.54, 1.807) is 0 Å². The molecule has 0 radical (unpaired) electrons. The Labute approximate surface area is 88.4 Å². The fraction of sp³-hybridized carbons (Fsp3) is 0.143. The van der Waals surface area contributed by atoms with Crippen molar-refractivity contribution in [3.05, 3.63) is 23.3 Å². The molecule has 9 heteroatoms. The van der Waals surface area contributed by atoms with Crippen LogP contribution in [0.15, 0.2) is 11.1 Å². The molecule has 0 atom stereocenters. The van der Waals surface area contributed by atoms with Crippen LogP contribution in [0.1, 0.15) is 17.6 Å². The van der Waals surface area contributed by atoms with Gasteiger partial charge >= 0.3 is 0 Å². The van der Waals surface area contributed by atoms with Gasteiger partial charge in [0.25, 0.3) is 6.43 Å². The number of rotatable bonds is 2. The van der Waals surface area contributed by atoms with E-state index in [0.29, 0.717) is 6.20 Å². The first-order chi connectivity index (χ1) is 7.29. The molecule has 0 aliphatic carbocycles. The monoisotopic (exact) mass is 251 g/mol. The highest BCUT2D eigenvalue weighted by Crippen LogP contribution is 2.29. The van der Waals surface area contributed by atoms with Crippen molar-refractivity contribution >= 4 is 10.0 Å². The lowest BCUT2D eigenvalue weighted by Crippen LogP contribution is -2.18. The van der Waals surface area contributed by atoms with Crippen molar-refractivity contribution in [3.63, 3.8) is 0 Å². The van der Waals surface area contributed by atoms with Crippen molar-refractivity contribution in [3.8, 4) is 6.07 Å². The highest BCUT2D eigenvalue weighted by atomic mass is 32.2. The first-order valence-corrected chi connectivity index (χ1v) is 5.23. The van der Waals surface area contributed by atoms with Gasteiger partial charge in [-0.1, -0.05) is 0 Å². The first-order valence-electron chi connectivity index (χ1n) is 3.68. The maximum Gasteiger partial charge on any atom is 0.269 e. The van der Waals surface area contributed by atoms with Gasteiger partial charge in [0.2, 0.25) is 16.0 Å². The van der Waals surface area contributed by atoms with Crippen molar-refractivity contribution in [2.45, 2.75) is 11.3 Å². The average molecular weight is 251 g/mol. The van der Waals surface area contributed by atoms with E-state index in [-0.39, 0.29) is 0 Å². The fourth-order valence-corrected chi connectivity index (χ4v) is 1.95. The van der Waals surface area contributed by atoms with Crippen LogP contribution in [0.3, 0.4) is 0 Å². The Kier molecular flexibility index (Phi) is 3.16. The molecule has 1 aromatic rings. The molecular formula is C7H4F3N3O2S. The van der Waals surface area contributed by atoms with Crippen LogP contribution in [0, 0.1) is 17.3 Å². The van der Waals surface area contributed by atoms with Crippen molar-refractivity contribution in [2.75, 3.05) is 0 Å². The van der Waals surface area contributed by atoms with Crippen LogP contribution < -0.4 is 5.14 Å². The number of alkyl halides is 2. The second-order valence-electron chi connectivity index (χ2n) is 2.66. The molecule has 0 aliphatic rings. The minimum Gasteiger partial charge on any atom is -0.226 e. The van der Waals surface area contributed by atoms with Crippen molar-refractivity contribution in [2.24, 2.45) is 5.14 Å². The second-order valence-corrected chi connectivity index (χ2v) is 4.16. The smallest absolute Gasteiger partial charge is 0.226 e. The maximum atomic E-state index is 12.9. The van der Waals surface area contributed by atoms with E-state index in [9.17, 15) is 21.6 Å². The summed E-state index contributed by atoms with van der Waals surface area (Å²) < 4.78 is 59.8. The number of pyridine rings is 1. The Bertz CT molecular complexity index is 565. The molecule has 0 amide bonds. The van der Waals surface area contributed by atoms with Gasteiger partial charge in [-0.05, 0) is 0 Å². The molecule has 0 aliphatic heterocycles. The minimum atomic E-state index is -4.63. The number of nitrogens with two attached hydrogens (primary N) is 1. The molecule has 0 bridgehead atoms. The largest absolute Gasteiger partial charge is 0.269 e. The molecule has 1 rings (SSSR count). The Balaban J connectivity index is 3.79. The number of nitriles is 1. The third kappa shape index (κ3) is 2.12. The van der Waals surface area contributed by atoms with Crippen LogP contribution in [0.25, 0.3) is 0 Å². The van der Waals surface area contributed by atoms with E-state index in [2.05, 4.69) is 10.1 Å². The van der Waals surface area contributed by atoms with Crippen molar-refractivity contribution < 1.29 is 21.6 Å². The predicted molar refractivity (Wildman–Crippen MR) is 45.2 cm³/mol. The molecule has 16 heavy (non-hydrogen) atoms. The summed E-state index contributed by atoms with van der Waals surface area (Å²) in [5, 5.41) is 13.1. The van der Waals surface area contributed by atoms with Gasteiger partial charge in [-0.3, -0.25) is 0 Å². The van der Waals surface area contributed by atoms with Crippen molar-refractivity contribution in [1.82, 2.24) is 4.98 Å². The van der Waals surface area contributed by atoms with E-state index in [1.807, 2.05) is 0 Å². The van der Waals surface area contributed by atoms with Gasteiger partial charge in [-0.2, -0.15) is 9.65 Å². The summed E-state index contributed by atoms with van der Waals surface area (Å²) in [5.74, 6) is -1.67. The maximum absolute atomic E-state index is 12.9. The van der Waals surface area contributed by atoms with Gasteiger partial charge in [0, 0.05) is 6.20 Å². The number of halogens is 3. The van der Waals surface area contributed by atoms with E-state index < -0.39 is 38.4 Å². The molecule has 1 heterocycles. The van der Waals surface area contributed by atoms with Crippen LogP contribution in [-0.4, -0.2) is 13.4 Å². The third-order valence-corrected chi connectivity index (χ3v) is 2.65. The number of hydrogen-bond donors (Lipinski definition) is 1. The molecule has 1 aromatic heterocycles. The summed E-state index contributed by atoms with van der Waals surface area (Å²) >= 11 is 0. The molecule has 0 unspecified atom stereocenters. The standard InChI is InChI=1S/C7H4F3N3O2S/c8-6(9)4-5(16(12,14)15)3(1-11)2-13-7(4)10/h2,6H,(H2,12,14,15). The lowest BCUT2D eigenvalue weighted by molar-refractivity contribution is 0.141. The topological polar surface area (TPSA) is 96.8 Å². The lowest BCUT2D eigenvalue weighted by atomic mass is 10.2. The Hall–Kier alpha value is -1.66. The van der Waals surface area contributed by atoms with E-state index in [1.165, 1.54) is 6.07 Å². The van der Waals surface area contributed by atoms with Gasteiger partial charge in [0.15, 0.2) is 0 Å². The number of aromatic nitrogens is 1. The van der Waals surface area contributed by atoms with Crippen LogP contribution in [0.5, 0.6) is 0 Å². The molecule has 0 spiro atoms. The van der Waals surface area contributed by atoms with E-state index in [0.717, 1.165) is 0 Å². The molecule has 0 saturated heterocycles. The predicted octanol–water partition coefficient (Wildman–Crippen LogP) is 0.677. The quantitative estimate of drug-likeness (QED) is 0.781. The summed E-state index contributed by atoms with van der Waals surface area (Å²) in [5.41, 5.74) is -2.21. The second kappa shape index (κ2) is 4.07. The zero-order chi connectivity index (χ0) is 12.5. The molecule has 0 saturated carbocycles. The summed E-state index contributed by atoms with van der Waals surface area (Å²) in [6, 6.07) is 1.30. The molecule has 0 aromatic carbocycles. The van der Waals surface area contributed by atoms with Gasteiger partial charge < -0.3 is 0 Å². The Morgan fingerprint density at radius 1 is 1.50 bits per heavy atom. The third-order valence-electron chi connectivity index (χ3n) is 1.64. The highest BCUT2D eigenvalue weighted by molar-refractivity contribution is 7.89. The van der Waals surface area contributed by atoms with Gasteiger partial charge in [-0.15, -0.1) is 0 Å². The highest BCUT2D eigenvalue weighted by Gasteiger charge is 2.29. The van der Waals surface area contributed by atoms with Crippen molar-refractivity contribution in [1.29, 1.82) is 5.26 Å². The average Bonchev–Trinajstić information content (AvgIpc) is 2.15. The Morgan fingerprint density at radius 2 is 2.06 bits per heavy atom. The molecule has 2 N–H and O–H groups in total. The SMILES string of the molecule is N#Cc1cnc(F)c(C(F)F)c1S(N)(=O)=O. The van der Waals surface area contributed by atoms with Crippen LogP contribution in [0.4, 0.5) is 13.2 Å². The summed E-state index contributed by atoms with van der Waals surface area (Å²) in [6.45, 7) is 0. The molecule has 5 nitrogen and oxygen atoms in total. The zero-order valence-corrected chi connectivity index (χ0v) is 8.30. The first kappa shape index (κ1) is 12.4. The molecule has 86 valence electrons. The fourth-order valence-electron chi connectivity index (χ4n) is 1.06. The van der Waals surface area contributed by atoms with Gasteiger partial charge in [0.1, 0.15) is 11.0 Å². The zero-order valence-electron chi connectivity index (χ0n) is 7.49. The van der Waals surface area contributed by atoms with Crippen LogP contribution >= 0.6 is 0 Å². The van der Waals surface area contributed by atoms with Crippen LogP contribution in [-0.2, 0) is 10.0 Å². The molecule has 0 fully saturated rings.